The number of carbonyl (C=O) groups is 3. The highest BCUT2D eigenvalue weighted by atomic mass is 16.5. The van der Waals surface area contributed by atoms with Crippen LogP contribution in [-0.4, -0.2) is 42.6 Å². The van der Waals surface area contributed by atoms with Crippen LogP contribution < -0.4 is 0 Å². The van der Waals surface area contributed by atoms with E-state index in [1.807, 2.05) is 0 Å². The number of esters is 2. The number of amides is 1. The maximum Gasteiger partial charge on any atom is 0.335 e. The van der Waals surface area contributed by atoms with Gasteiger partial charge in [0.05, 0.1) is 24.6 Å². The van der Waals surface area contributed by atoms with Crippen LogP contribution in [0.5, 0.6) is 0 Å². The van der Waals surface area contributed by atoms with Gasteiger partial charge in [-0.05, 0) is 0 Å². The molecule has 0 unspecified atom stereocenters. The first-order valence-electron chi connectivity index (χ1n) is 4.80. The second kappa shape index (κ2) is 3.62. The van der Waals surface area contributed by atoms with Gasteiger partial charge in [-0.15, -0.1) is 0 Å². The van der Waals surface area contributed by atoms with Crippen LogP contribution in [0.25, 0.3) is 0 Å². The van der Waals surface area contributed by atoms with E-state index in [0.717, 1.165) is 0 Å². The first-order chi connectivity index (χ1) is 7.56. The van der Waals surface area contributed by atoms with Gasteiger partial charge < -0.3 is 14.4 Å². The van der Waals surface area contributed by atoms with Gasteiger partial charge in [0, 0.05) is 6.92 Å². The van der Waals surface area contributed by atoms with Crippen molar-refractivity contribution in [3.63, 3.8) is 0 Å². The van der Waals surface area contributed by atoms with Crippen LogP contribution in [0.4, 0.5) is 0 Å². The zero-order valence-corrected chi connectivity index (χ0v) is 8.93. The zero-order chi connectivity index (χ0) is 11.9. The van der Waals surface area contributed by atoms with E-state index in [4.69, 9.17) is 4.74 Å². The maximum atomic E-state index is 11.4. The molecular weight excluding hydrogens is 214 g/mol. The highest BCUT2D eigenvalue weighted by Crippen LogP contribution is 2.42. The monoisotopic (exact) mass is 225 g/mol. The maximum absolute atomic E-state index is 11.4. The van der Waals surface area contributed by atoms with Gasteiger partial charge >= 0.3 is 11.9 Å². The molecule has 1 aliphatic carbocycles. The lowest BCUT2D eigenvalue weighted by molar-refractivity contribution is -0.169. The lowest BCUT2D eigenvalue weighted by Gasteiger charge is -2.51. The second-order valence-corrected chi connectivity index (χ2v) is 3.66. The molecule has 6 heteroatoms. The fraction of sp³-hybridized carbons (Fsp3) is 0.500. The number of likely N-dealkylation sites (tertiary alicyclic amines) is 1. The Kier molecular flexibility index (Phi) is 2.41. The molecule has 16 heavy (non-hydrogen) atoms. The topological polar surface area (TPSA) is 72.9 Å². The highest BCUT2D eigenvalue weighted by molar-refractivity contribution is 6.02. The molecule has 1 heterocycles. The van der Waals surface area contributed by atoms with Crippen molar-refractivity contribution in [3.8, 4) is 0 Å². The molecule has 0 aromatic heterocycles. The van der Waals surface area contributed by atoms with Gasteiger partial charge in [-0.2, -0.15) is 0 Å². The predicted molar refractivity (Wildman–Crippen MR) is 50.9 cm³/mol. The Labute approximate surface area is 91.8 Å². The Morgan fingerprint density at radius 1 is 1.50 bits per heavy atom. The van der Waals surface area contributed by atoms with E-state index in [-0.39, 0.29) is 24.6 Å². The molecule has 0 radical (unpaired) electrons. The third-order valence-electron chi connectivity index (χ3n) is 2.75. The van der Waals surface area contributed by atoms with E-state index in [1.165, 1.54) is 18.9 Å². The van der Waals surface area contributed by atoms with E-state index < -0.39 is 11.9 Å². The van der Waals surface area contributed by atoms with Gasteiger partial charge in [0.25, 0.3) is 0 Å². The molecule has 0 bridgehead atoms. The van der Waals surface area contributed by atoms with Crippen molar-refractivity contribution in [3.05, 3.63) is 11.6 Å². The Morgan fingerprint density at radius 2 is 2.19 bits per heavy atom. The summed E-state index contributed by atoms with van der Waals surface area (Å²) in [5, 5.41) is 0. The molecule has 2 rings (SSSR count). The van der Waals surface area contributed by atoms with Crippen LogP contribution in [0.2, 0.25) is 0 Å². The average Bonchev–Trinajstić information content (AvgIpc) is 2.21. The lowest BCUT2D eigenvalue weighted by atomic mass is 9.72. The Bertz CT molecular complexity index is 400. The van der Waals surface area contributed by atoms with Crippen LogP contribution in [0, 0.1) is 5.92 Å². The molecule has 1 saturated heterocycles. The summed E-state index contributed by atoms with van der Waals surface area (Å²) in [4.78, 5) is 34.6. The van der Waals surface area contributed by atoms with Crippen molar-refractivity contribution in [1.82, 2.24) is 4.90 Å². The van der Waals surface area contributed by atoms with Crippen LogP contribution in [-0.2, 0) is 23.9 Å². The number of ether oxygens (including phenoxy) is 2. The van der Waals surface area contributed by atoms with Gasteiger partial charge in [-0.3, -0.25) is 9.59 Å². The molecule has 1 fully saturated rings. The van der Waals surface area contributed by atoms with Crippen molar-refractivity contribution < 1.29 is 23.9 Å². The summed E-state index contributed by atoms with van der Waals surface area (Å²) in [5.74, 6) is -1.27. The number of fused-ring (bicyclic) bond motifs is 1. The van der Waals surface area contributed by atoms with Crippen molar-refractivity contribution >= 4 is 17.8 Å². The zero-order valence-electron chi connectivity index (χ0n) is 8.93. The molecule has 0 spiro atoms. The Morgan fingerprint density at radius 3 is 2.75 bits per heavy atom. The summed E-state index contributed by atoms with van der Waals surface area (Å²) in [6, 6.07) is -0.278. The Balaban J connectivity index is 1.99. The molecule has 0 saturated carbocycles. The van der Waals surface area contributed by atoms with Crippen molar-refractivity contribution in [2.24, 2.45) is 5.92 Å². The van der Waals surface area contributed by atoms with Crippen LogP contribution in [0.15, 0.2) is 11.6 Å². The highest BCUT2D eigenvalue weighted by Gasteiger charge is 2.56. The lowest BCUT2D eigenvalue weighted by Crippen LogP contribution is -2.67. The Hall–Kier alpha value is -1.85. The van der Waals surface area contributed by atoms with Crippen molar-refractivity contribution in [2.45, 2.75) is 13.0 Å². The van der Waals surface area contributed by atoms with E-state index in [2.05, 4.69) is 4.74 Å². The molecule has 0 aromatic carbocycles. The first kappa shape index (κ1) is 10.7. The largest absolute Gasteiger partial charge is 0.466 e. The van der Waals surface area contributed by atoms with E-state index >= 15 is 0 Å². The van der Waals surface area contributed by atoms with Gasteiger partial charge in [-0.1, -0.05) is 6.08 Å². The predicted octanol–water partition coefficient (Wildman–Crippen LogP) is -0.553. The van der Waals surface area contributed by atoms with Gasteiger partial charge in [0.2, 0.25) is 5.91 Å². The molecule has 6 nitrogen and oxygen atoms in total. The number of β-lactam (4-membered cyclic amide) rings is 1. The number of carbonyl (C=O) groups excluding carboxylic acids is 3. The standard InChI is InChI=1S/C10H11NO5/c1-5(12)16-4-11-8-6(9(11)13)3-7(8)10(14)15-2/h3,6,8H,4H2,1-2H3/t6-,8-/m1/s1. The van der Waals surface area contributed by atoms with Gasteiger partial charge in [-0.25, -0.2) is 4.79 Å². The third-order valence-corrected chi connectivity index (χ3v) is 2.75. The minimum absolute atomic E-state index is 0.107. The summed E-state index contributed by atoms with van der Waals surface area (Å²) in [7, 11) is 1.29. The summed E-state index contributed by atoms with van der Waals surface area (Å²) in [6.07, 6.45) is 1.59. The number of rotatable bonds is 3. The smallest absolute Gasteiger partial charge is 0.335 e. The molecule has 1 amide bonds. The summed E-state index contributed by atoms with van der Waals surface area (Å²) >= 11 is 0. The molecule has 2 atom stereocenters. The number of hydrogen-bond donors (Lipinski definition) is 0. The SMILES string of the molecule is COC(=O)C1=C[C@H]2C(=O)N(COC(C)=O)[C@@H]12. The van der Waals surface area contributed by atoms with Crippen molar-refractivity contribution in [2.75, 3.05) is 13.8 Å². The second-order valence-electron chi connectivity index (χ2n) is 3.66. The molecule has 1 aliphatic heterocycles. The average molecular weight is 225 g/mol. The molecule has 0 N–H and O–H groups in total. The van der Waals surface area contributed by atoms with E-state index in [0.29, 0.717) is 5.57 Å². The van der Waals surface area contributed by atoms with Gasteiger partial charge in [0.15, 0.2) is 6.73 Å². The minimum atomic E-state index is -0.459. The molecular formula is C10H11NO5. The number of hydrogen-bond acceptors (Lipinski definition) is 5. The summed E-state index contributed by atoms with van der Waals surface area (Å²) in [5.41, 5.74) is 0.458. The van der Waals surface area contributed by atoms with Gasteiger partial charge in [0.1, 0.15) is 0 Å². The first-order valence-corrected chi connectivity index (χ1v) is 4.80. The number of methoxy groups -OCH3 is 1. The fourth-order valence-electron chi connectivity index (χ4n) is 1.88. The quantitative estimate of drug-likeness (QED) is 0.476. The van der Waals surface area contributed by atoms with Crippen LogP contribution in [0.1, 0.15) is 6.92 Å². The molecule has 2 aliphatic rings. The van der Waals surface area contributed by atoms with Crippen LogP contribution >= 0.6 is 0 Å². The summed E-state index contributed by atoms with van der Waals surface area (Å²) in [6.45, 7) is 1.16. The molecule has 86 valence electrons. The van der Waals surface area contributed by atoms with Crippen LogP contribution in [0.3, 0.4) is 0 Å². The third kappa shape index (κ3) is 1.37. The van der Waals surface area contributed by atoms with E-state index in [9.17, 15) is 14.4 Å². The fourth-order valence-corrected chi connectivity index (χ4v) is 1.88. The number of nitrogens with zero attached hydrogens (tertiary/aromatic N) is 1. The molecule has 0 aromatic rings. The van der Waals surface area contributed by atoms with E-state index in [1.54, 1.807) is 6.08 Å². The van der Waals surface area contributed by atoms with Crippen molar-refractivity contribution in [1.29, 1.82) is 0 Å². The minimum Gasteiger partial charge on any atom is -0.466 e. The normalized spacial score (nSPS) is 26.0. The summed E-state index contributed by atoms with van der Waals surface area (Å²) < 4.78 is 9.28.